The van der Waals surface area contributed by atoms with Crippen LogP contribution in [0.25, 0.3) is 0 Å². The van der Waals surface area contributed by atoms with Crippen molar-refractivity contribution >= 4 is 17.6 Å². The predicted octanol–water partition coefficient (Wildman–Crippen LogP) is -0.733. The lowest BCUT2D eigenvalue weighted by molar-refractivity contribution is -0.133. The summed E-state index contributed by atoms with van der Waals surface area (Å²) in [6.45, 7) is -0.110. The van der Waals surface area contributed by atoms with Crippen molar-refractivity contribution < 1.29 is 14.8 Å². The minimum absolute atomic E-state index is 0.00345. The van der Waals surface area contributed by atoms with Gasteiger partial charge in [-0.05, 0) is 5.56 Å². The van der Waals surface area contributed by atoms with Gasteiger partial charge in [-0.1, -0.05) is 29.4 Å². The molecule has 19 heavy (non-hydrogen) atoms. The normalized spacial score (nSPS) is 11.1. The molecule has 5 N–H and O–H groups in total. The number of oxime groups is 1. The number of carbonyl (C=O) groups is 2. The average Bonchev–Trinajstić information content (AvgIpc) is 2.37. The van der Waals surface area contributed by atoms with Crippen LogP contribution in [0.15, 0.2) is 29.4 Å². The number of hydrogen-bond donors (Lipinski definition) is 3. The molecule has 0 aromatic heterocycles. The lowest BCUT2D eigenvalue weighted by Crippen LogP contribution is -2.36. The van der Waals surface area contributed by atoms with Crippen LogP contribution in [0.1, 0.15) is 11.1 Å². The maximum absolute atomic E-state index is 11.8. The Balaban J connectivity index is 2.68. The Hall–Kier alpha value is -2.57. The molecule has 0 saturated carbocycles. The van der Waals surface area contributed by atoms with Gasteiger partial charge >= 0.3 is 0 Å². The van der Waals surface area contributed by atoms with Crippen LogP contribution in [-0.2, 0) is 16.0 Å². The van der Waals surface area contributed by atoms with Crippen molar-refractivity contribution in [2.24, 2.45) is 16.6 Å². The smallest absolute Gasteiger partial charge is 0.237 e. The number of nitrogens with zero attached hydrogens (tertiary/aromatic N) is 2. The van der Waals surface area contributed by atoms with Gasteiger partial charge in [0.2, 0.25) is 11.8 Å². The molecule has 1 aromatic carbocycles. The van der Waals surface area contributed by atoms with Crippen LogP contribution in [0.3, 0.4) is 0 Å². The van der Waals surface area contributed by atoms with Gasteiger partial charge in [-0.15, -0.1) is 0 Å². The number of nitrogens with two attached hydrogens (primary N) is 2. The van der Waals surface area contributed by atoms with Crippen LogP contribution in [0.2, 0.25) is 0 Å². The molecular formula is C12H16N4O3. The topological polar surface area (TPSA) is 122 Å². The van der Waals surface area contributed by atoms with Gasteiger partial charge in [-0.2, -0.15) is 0 Å². The highest BCUT2D eigenvalue weighted by Crippen LogP contribution is 2.06. The van der Waals surface area contributed by atoms with Crippen LogP contribution >= 0.6 is 0 Å². The second-order valence-corrected chi connectivity index (χ2v) is 4.08. The molecule has 0 aliphatic carbocycles. The molecule has 0 saturated heterocycles. The first-order valence-corrected chi connectivity index (χ1v) is 5.53. The van der Waals surface area contributed by atoms with Crippen molar-refractivity contribution in [1.82, 2.24) is 4.90 Å². The molecule has 102 valence electrons. The monoisotopic (exact) mass is 264 g/mol. The fraction of sp³-hybridized carbons (Fsp3) is 0.250. The number of benzene rings is 1. The first-order chi connectivity index (χ1) is 8.93. The summed E-state index contributed by atoms with van der Waals surface area (Å²) in [5, 5.41) is 11.4. The molecule has 0 radical (unpaired) electrons. The summed E-state index contributed by atoms with van der Waals surface area (Å²) in [6, 6.07) is 6.68. The zero-order valence-electron chi connectivity index (χ0n) is 10.5. The molecule has 0 aliphatic heterocycles. The van der Waals surface area contributed by atoms with Crippen LogP contribution in [0.5, 0.6) is 0 Å². The maximum atomic E-state index is 11.8. The van der Waals surface area contributed by atoms with Gasteiger partial charge in [0.25, 0.3) is 0 Å². The van der Waals surface area contributed by atoms with Gasteiger partial charge in [-0.3, -0.25) is 9.59 Å². The molecule has 0 spiro atoms. The largest absolute Gasteiger partial charge is 0.409 e. The van der Waals surface area contributed by atoms with Crippen molar-refractivity contribution in [3.05, 3.63) is 35.4 Å². The van der Waals surface area contributed by atoms with Crippen molar-refractivity contribution in [3.8, 4) is 0 Å². The lowest BCUT2D eigenvalue weighted by Gasteiger charge is -2.15. The number of amides is 2. The summed E-state index contributed by atoms with van der Waals surface area (Å²) in [4.78, 5) is 23.7. The van der Waals surface area contributed by atoms with Gasteiger partial charge in [0.15, 0.2) is 5.84 Å². The Morgan fingerprint density at radius 2 is 1.84 bits per heavy atom. The van der Waals surface area contributed by atoms with E-state index < -0.39 is 5.91 Å². The highest BCUT2D eigenvalue weighted by atomic mass is 16.4. The molecule has 2 amide bonds. The van der Waals surface area contributed by atoms with E-state index in [0.29, 0.717) is 5.56 Å². The molecule has 0 bridgehead atoms. The Labute approximate surface area is 110 Å². The molecule has 0 atom stereocenters. The van der Waals surface area contributed by atoms with Crippen LogP contribution in [0, 0.1) is 0 Å². The number of primary amides is 1. The summed E-state index contributed by atoms with van der Waals surface area (Å²) < 4.78 is 0. The van der Waals surface area contributed by atoms with E-state index >= 15 is 0 Å². The van der Waals surface area contributed by atoms with Gasteiger partial charge in [-0.25, -0.2) is 0 Å². The maximum Gasteiger partial charge on any atom is 0.237 e. The van der Waals surface area contributed by atoms with E-state index in [4.69, 9.17) is 16.7 Å². The summed E-state index contributed by atoms with van der Waals surface area (Å²) >= 11 is 0. The molecular weight excluding hydrogens is 248 g/mol. The summed E-state index contributed by atoms with van der Waals surface area (Å²) in [6.07, 6.45) is 0.153. The number of likely N-dealkylation sites (N-methyl/N-ethyl adjacent to an activating group) is 1. The zero-order valence-corrected chi connectivity index (χ0v) is 10.5. The van der Waals surface area contributed by atoms with Crippen LogP contribution in [-0.4, -0.2) is 41.3 Å². The zero-order chi connectivity index (χ0) is 14.4. The third kappa shape index (κ3) is 4.30. The van der Waals surface area contributed by atoms with Crippen molar-refractivity contribution in [2.75, 3.05) is 13.6 Å². The minimum Gasteiger partial charge on any atom is -0.409 e. The van der Waals surface area contributed by atoms with Gasteiger partial charge in [0.1, 0.15) is 0 Å². The van der Waals surface area contributed by atoms with Crippen molar-refractivity contribution in [1.29, 1.82) is 0 Å². The molecule has 0 unspecified atom stereocenters. The van der Waals surface area contributed by atoms with Crippen molar-refractivity contribution in [2.45, 2.75) is 6.42 Å². The third-order valence-electron chi connectivity index (χ3n) is 2.53. The third-order valence-corrected chi connectivity index (χ3v) is 2.53. The predicted molar refractivity (Wildman–Crippen MR) is 69.5 cm³/mol. The summed E-state index contributed by atoms with van der Waals surface area (Å²) in [5.74, 6) is -0.766. The van der Waals surface area contributed by atoms with Gasteiger partial charge in [0.05, 0.1) is 13.0 Å². The van der Waals surface area contributed by atoms with Gasteiger partial charge in [0, 0.05) is 12.6 Å². The average molecular weight is 264 g/mol. The lowest BCUT2D eigenvalue weighted by atomic mass is 10.1. The molecule has 7 nitrogen and oxygen atoms in total. The highest BCUT2D eigenvalue weighted by molar-refractivity contribution is 5.97. The van der Waals surface area contributed by atoms with E-state index in [9.17, 15) is 9.59 Å². The Kier molecular flexibility index (Phi) is 4.87. The molecule has 1 rings (SSSR count). The fourth-order valence-corrected chi connectivity index (χ4v) is 1.48. The number of rotatable bonds is 5. The van der Waals surface area contributed by atoms with E-state index in [1.807, 2.05) is 0 Å². The number of carbonyl (C=O) groups excluding carboxylic acids is 2. The number of hydrogen-bond acceptors (Lipinski definition) is 4. The van der Waals surface area contributed by atoms with Crippen LogP contribution < -0.4 is 11.5 Å². The van der Waals surface area contributed by atoms with Gasteiger partial charge < -0.3 is 21.6 Å². The second kappa shape index (κ2) is 6.39. The van der Waals surface area contributed by atoms with E-state index in [0.717, 1.165) is 5.56 Å². The summed E-state index contributed by atoms with van der Waals surface area (Å²) in [5.41, 5.74) is 11.8. The Morgan fingerprint density at radius 1 is 1.26 bits per heavy atom. The molecule has 7 heteroatoms. The Bertz CT molecular complexity index is 496. The number of amidine groups is 1. The first-order valence-electron chi connectivity index (χ1n) is 5.53. The first kappa shape index (κ1) is 14.5. The molecule has 0 fully saturated rings. The Morgan fingerprint density at radius 3 is 2.32 bits per heavy atom. The standard InChI is InChI=1S/C12H16N4O3/c1-16(7-10(13)17)11(18)6-8-2-4-9(5-3-8)12(14)15-19/h2-5,19H,6-7H2,1H3,(H2,13,17)(H2,14,15). The summed E-state index contributed by atoms with van der Waals surface area (Å²) in [7, 11) is 1.51. The van der Waals surface area contributed by atoms with E-state index in [1.165, 1.54) is 11.9 Å². The van der Waals surface area contributed by atoms with Crippen molar-refractivity contribution in [3.63, 3.8) is 0 Å². The minimum atomic E-state index is -0.557. The molecule has 0 heterocycles. The quantitative estimate of drug-likeness (QED) is 0.281. The highest BCUT2D eigenvalue weighted by Gasteiger charge is 2.11. The fourth-order valence-electron chi connectivity index (χ4n) is 1.48. The van der Waals surface area contributed by atoms with E-state index in [-0.39, 0.29) is 24.7 Å². The van der Waals surface area contributed by atoms with E-state index in [2.05, 4.69) is 5.16 Å². The van der Waals surface area contributed by atoms with E-state index in [1.54, 1.807) is 24.3 Å². The van der Waals surface area contributed by atoms with Crippen LogP contribution in [0.4, 0.5) is 0 Å². The molecule has 1 aromatic rings. The molecule has 0 aliphatic rings. The SMILES string of the molecule is CN(CC(N)=O)C(=O)Cc1ccc(C(N)=NO)cc1. The second-order valence-electron chi connectivity index (χ2n) is 4.08.